The Morgan fingerprint density at radius 2 is 1.95 bits per heavy atom. The van der Waals surface area contributed by atoms with Crippen molar-refractivity contribution in [1.82, 2.24) is 15.1 Å². The molecule has 3 nitrogen and oxygen atoms in total. The molecule has 1 heterocycles. The van der Waals surface area contributed by atoms with E-state index in [1.54, 1.807) is 0 Å². The highest BCUT2D eigenvalue weighted by atomic mass is 35.5. The number of nitrogens with one attached hydrogen (secondary N) is 1. The molecule has 4 heteroatoms. The molecule has 0 saturated carbocycles. The van der Waals surface area contributed by atoms with Crippen LogP contribution in [-0.2, 0) is 6.54 Å². The summed E-state index contributed by atoms with van der Waals surface area (Å²) in [4.78, 5) is 4.96. The molecule has 1 aliphatic heterocycles. The number of piperazine rings is 1. The lowest BCUT2D eigenvalue weighted by Gasteiger charge is -2.32. The zero-order valence-electron chi connectivity index (χ0n) is 12.7. The molecule has 0 atom stereocenters. The molecule has 0 bridgehead atoms. The molecule has 2 rings (SSSR count). The first-order valence-electron chi connectivity index (χ1n) is 7.52. The standard InChI is InChI=1S/C16H26ClN3/c1-14-4-5-15(12-16(14)17)13-18-6-3-7-20-10-8-19(2)9-11-20/h4-5,12,18H,3,6-11,13H2,1-2H3. The van der Waals surface area contributed by atoms with Gasteiger partial charge in [-0.25, -0.2) is 0 Å². The third kappa shape index (κ3) is 5.06. The van der Waals surface area contributed by atoms with Gasteiger partial charge in [-0.15, -0.1) is 0 Å². The maximum atomic E-state index is 6.13. The average molecular weight is 296 g/mol. The molecule has 0 spiro atoms. The van der Waals surface area contributed by atoms with Gasteiger partial charge in [-0.2, -0.15) is 0 Å². The lowest BCUT2D eigenvalue weighted by Crippen LogP contribution is -2.45. The van der Waals surface area contributed by atoms with Crippen LogP contribution < -0.4 is 5.32 Å². The Kier molecular flexibility index (Phi) is 6.30. The Hall–Kier alpha value is -0.610. The molecule has 1 aromatic rings. The fourth-order valence-corrected chi connectivity index (χ4v) is 2.68. The highest BCUT2D eigenvalue weighted by Gasteiger charge is 2.12. The molecule has 0 aromatic heterocycles. The van der Waals surface area contributed by atoms with E-state index in [1.807, 2.05) is 6.92 Å². The minimum Gasteiger partial charge on any atom is -0.313 e. The third-order valence-corrected chi connectivity index (χ3v) is 4.40. The number of likely N-dealkylation sites (N-methyl/N-ethyl adjacent to an activating group) is 1. The number of halogens is 1. The van der Waals surface area contributed by atoms with E-state index in [4.69, 9.17) is 11.6 Å². The summed E-state index contributed by atoms with van der Waals surface area (Å²) in [5.41, 5.74) is 2.41. The van der Waals surface area contributed by atoms with Crippen molar-refractivity contribution in [2.45, 2.75) is 19.9 Å². The van der Waals surface area contributed by atoms with Crippen LogP contribution in [0.25, 0.3) is 0 Å². The second-order valence-electron chi connectivity index (χ2n) is 5.76. The summed E-state index contributed by atoms with van der Waals surface area (Å²) in [6, 6.07) is 6.29. The fourth-order valence-electron chi connectivity index (χ4n) is 2.48. The average Bonchev–Trinajstić information content (AvgIpc) is 2.44. The molecule has 0 unspecified atom stereocenters. The molecule has 0 aliphatic carbocycles. The summed E-state index contributed by atoms with van der Waals surface area (Å²) in [6.45, 7) is 10.0. The lowest BCUT2D eigenvalue weighted by molar-refractivity contribution is 0.153. The van der Waals surface area contributed by atoms with Crippen molar-refractivity contribution in [1.29, 1.82) is 0 Å². The molecular weight excluding hydrogens is 270 g/mol. The zero-order valence-corrected chi connectivity index (χ0v) is 13.4. The Labute approximate surface area is 127 Å². The van der Waals surface area contributed by atoms with E-state index >= 15 is 0 Å². The van der Waals surface area contributed by atoms with Gasteiger partial charge < -0.3 is 15.1 Å². The summed E-state index contributed by atoms with van der Waals surface area (Å²) in [5, 5.41) is 4.36. The van der Waals surface area contributed by atoms with E-state index in [-0.39, 0.29) is 0 Å². The second-order valence-corrected chi connectivity index (χ2v) is 6.17. The molecule has 1 saturated heterocycles. The van der Waals surface area contributed by atoms with E-state index in [9.17, 15) is 0 Å². The first-order valence-corrected chi connectivity index (χ1v) is 7.89. The Morgan fingerprint density at radius 1 is 1.20 bits per heavy atom. The SMILES string of the molecule is Cc1ccc(CNCCCN2CCN(C)CC2)cc1Cl. The van der Waals surface area contributed by atoms with Gasteiger partial charge in [0.25, 0.3) is 0 Å². The van der Waals surface area contributed by atoms with Crippen LogP contribution in [0.5, 0.6) is 0 Å². The van der Waals surface area contributed by atoms with Crippen molar-refractivity contribution in [2.24, 2.45) is 0 Å². The van der Waals surface area contributed by atoms with E-state index < -0.39 is 0 Å². The summed E-state index contributed by atoms with van der Waals surface area (Å²) in [7, 11) is 2.20. The highest BCUT2D eigenvalue weighted by molar-refractivity contribution is 6.31. The monoisotopic (exact) mass is 295 g/mol. The second kappa shape index (κ2) is 7.99. The maximum Gasteiger partial charge on any atom is 0.0438 e. The summed E-state index contributed by atoms with van der Waals surface area (Å²) < 4.78 is 0. The summed E-state index contributed by atoms with van der Waals surface area (Å²) in [5.74, 6) is 0. The van der Waals surface area contributed by atoms with Crippen molar-refractivity contribution >= 4 is 11.6 Å². The Balaban J connectivity index is 1.58. The molecule has 1 N–H and O–H groups in total. The van der Waals surface area contributed by atoms with Gasteiger partial charge in [0.2, 0.25) is 0 Å². The largest absolute Gasteiger partial charge is 0.313 e. The topological polar surface area (TPSA) is 18.5 Å². The van der Waals surface area contributed by atoms with E-state index in [1.165, 1.54) is 44.7 Å². The number of hydrogen-bond acceptors (Lipinski definition) is 3. The molecule has 1 aromatic carbocycles. The minimum atomic E-state index is 0.863. The summed E-state index contributed by atoms with van der Waals surface area (Å²) in [6.07, 6.45) is 1.21. The fraction of sp³-hybridized carbons (Fsp3) is 0.625. The van der Waals surface area contributed by atoms with Crippen LogP contribution in [0.4, 0.5) is 0 Å². The first-order chi connectivity index (χ1) is 9.65. The van der Waals surface area contributed by atoms with Crippen molar-refractivity contribution in [2.75, 3.05) is 46.3 Å². The van der Waals surface area contributed by atoms with Crippen molar-refractivity contribution < 1.29 is 0 Å². The summed E-state index contributed by atoms with van der Waals surface area (Å²) >= 11 is 6.13. The lowest BCUT2D eigenvalue weighted by atomic mass is 10.1. The van der Waals surface area contributed by atoms with Crippen LogP contribution in [-0.4, -0.2) is 56.1 Å². The Morgan fingerprint density at radius 3 is 2.65 bits per heavy atom. The van der Waals surface area contributed by atoms with Gasteiger partial charge in [0, 0.05) is 37.7 Å². The minimum absolute atomic E-state index is 0.863. The van der Waals surface area contributed by atoms with Gasteiger partial charge in [0.1, 0.15) is 0 Å². The van der Waals surface area contributed by atoms with Gasteiger partial charge in [-0.05, 0) is 50.7 Å². The normalized spacial score (nSPS) is 17.6. The molecule has 1 aliphatic rings. The van der Waals surface area contributed by atoms with Gasteiger partial charge in [-0.1, -0.05) is 23.7 Å². The number of benzene rings is 1. The van der Waals surface area contributed by atoms with Crippen LogP contribution in [0, 0.1) is 6.92 Å². The first kappa shape index (κ1) is 15.8. The zero-order chi connectivity index (χ0) is 14.4. The molecule has 0 radical (unpaired) electrons. The quantitative estimate of drug-likeness (QED) is 0.813. The van der Waals surface area contributed by atoms with E-state index in [0.29, 0.717) is 0 Å². The van der Waals surface area contributed by atoms with Crippen molar-refractivity contribution in [3.8, 4) is 0 Å². The van der Waals surface area contributed by atoms with Gasteiger partial charge in [0.05, 0.1) is 0 Å². The van der Waals surface area contributed by atoms with Crippen LogP contribution in [0.1, 0.15) is 17.5 Å². The molecular formula is C16H26ClN3. The molecule has 20 heavy (non-hydrogen) atoms. The van der Waals surface area contributed by atoms with Crippen LogP contribution >= 0.6 is 11.6 Å². The maximum absolute atomic E-state index is 6.13. The number of hydrogen-bond donors (Lipinski definition) is 1. The predicted octanol–water partition coefficient (Wildman–Crippen LogP) is 2.38. The number of aryl methyl sites for hydroxylation is 1. The number of rotatable bonds is 6. The predicted molar refractivity (Wildman–Crippen MR) is 86.4 cm³/mol. The van der Waals surface area contributed by atoms with E-state index in [2.05, 4.69) is 40.4 Å². The van der Waals surface area contributed by atoms with Crippen LogP contribution in [0.15, 0.2) is 18.2 Å². The van der Waals surface area contributed by atoms with Crippen molar-refractivity contribution in [3.63, 3.8) is 0 Å². The van der Waals surface area contributed by atoms with Gasteiger partial charge >= 0.3 is 0 Å². The molecule has 1 fully saturated rings. The molecule has 112 valence electrons. The third-order valence-electron chi connectivity index (χ3n) is 3.99. The smallest absolute Gasteiger partial charge is 0.0438 e. The van der Waals surface area contributed by atoms with Gasteiger partial charge in [0.15, 0.2) is 0 Å². The highest BCUT2D eigenvalue weighted by Crippen LogP contribution is 2.16. The van der Waals surface area contributed by atoms with Crippen LogP contribution in [0.3, 0.4) is 0 Å². The molecule has 0 amide bonds. The van der Waals surface area contributed by atoms with Crippen LogP contribution in [0.2, 0.25) is 5.02 Å². The van der Waals surface area contributed by atoms with E-state index in [0.717, 1.165) is 23.7 Å². The van der Waals surface area contributed by atoms with Gasteiger partial charge in [-0.3, -0.25) is 0 Å². The Bertz CT molecular complexity index is 414. The number of nitrogens with zero attached hydrogens (tertiary/aromatic N) is 2. The van der Waals surface area contributed by atoms with Crippen molar-refractivity contribution in [3.05, 3.63) is 34.3 Å².